The average Bonchev–Trinajstić information content (AvgIpc) is 2.71. The molecule has 0 saturated heterocycles. The zero-order valence-electron chi connectivity index (χ0n) is 18.8. The minimum absolute atomic E-state index is 0.128. The van der Waals surface area contributed by atoms with Crippen LogP contribution < -0.4 is 11.1 Å². The van der Waals surface area contributed by atoms with Crippen LogP contribution in [0.25, 0.3) is 27.9 Å². The van der Waals surface area contributed by atoms with E-state index in [0.29, 0.717) is 33.7 Å². The van der Waals surface area contributed by atoms with E-state index >= 15 is 0 Å². The number of nitrogen functional groups attached to an aromatic ring is 1. The zero-order chi connectivity index (χ0) is 24.1. The average molecular weight is 445 g/mol. The van der Waals surface area contributed by atoms with Gasteiger partial charge in [0.15, 0.2) is 0 Å². The molecule has 1 aliphatic heterocycles. The van der Waals surface area contributed by atoms with Crippen molar-refractivity contribution < 1.29 is 19.4 Å². The highest BCUT2D eigenvalue weighted by Crippen LogP contribution is 2.40. The van der Waals surface area contributed by atoms with Crippen LogP contribution in [0.2, 0.25) is 0 Å². The SMILES string of the molecule is C=C/C=C(C(=O)O)\C(=C/C)c1c2ccc(=N)cc-2oc2cc(N)ccc12.CC(O)=C1CCC1. The molecule has 2 aliphatic carbocycles. The topological polar surface area (TPSA) is 121 Å². The van der Waals surface area contributed by atoms with Gasteiger partial charge in [-0.15, -0.1) is 0 Å². The van der Waals surface area contributed by atoms with E-state index < -0.39 is 5.97 Å². The lowest BCUT2D eigenvalue weighted by Crippen LogP contribution is -2.07. The van der Waals surface area contributed by atoms with Crippen molar-refractivity contribution in [1.29, 1.82) is 5.41 Å². The van der Waals surface area contributed by atoms with Crippen molar-refractivity contribution in [1.82, 2.24) is 0 Å². The van der Waals surface area contributed by atoms with Crippen molar-refractivity contribution >= 4 is 28.2 Å². The molecular formula is C27H28N2O4. The summed E-state index contributed by atoms with van der Waals surface area (Å²) in [6.45, 7) is 7.16. The number of aliphatic hydroxyl groups excluding tert-OH is 1. The molecule has 1 saturated carbocycles. The summed E-state index contributed by atoms with van der Waals surface area (Å²) in [5.41, 5.74) is 10.3. The van der Waals surface area contributed by atoms with Gasteiger partial charge in [0.2, 0.25) is 0 Å². The minimum Gasteiger partial charge on any atom is -0.513 e. The number of nitrogens with one attached hydrogen (secondary N) is 1. The molecule has 3 aliphatic rings. The first kappa shape index (κ1) is 23.6. The maximum Gasteiger partial charge on any atom is 0.336 e. The molecule has 0 aromatic heterocycles. The summed E-state index contributed by atoms with van der Waals surface area (Å²) in [5, 5.41) is 27.3. The third kappa shape index (κ3) is 5.06. The fraction of sp³-hybridized carbons (Fsp3) is 0.185. The Kier molecular flexibility index (Phi) is 7.18. The number of benzene rings is 2. The lowest BCUT2D eigenvalue weighted by Gasteiger charge is -2.18. The van der Waals surface area contributed by atoms with Crippen LogP contribution in [0.5, 0.6) is 0 Å². The lowest BCUT2D eigenvalue weighted by atomic mass is 9.89. The highest BCUT2D eigenvalue weighted by molar-refractivity contribution is 6.12. The number of hydrogen-bond donors (Lipinski definition) is 4. The third-order valence-electron chi connectivity index (χ3n) is 5.58. The summed E-state index contributed by atoms with van der Waals surface area (Å²) in [6.07, 6.45) is 8.20. The van der Waals surface area contributed by atoms with Crippen LogP contribution in [0.3, 0.4) is 0 Å². The Morgan fingerprint density at radius 3 is 2.42 bits per heavy atom. The number of fused-ring (bicyclic) bond motifs is 2. The Morgan fingerprint density at radius 1 is 1.18 bits per heavy atom. The number of nitrogens with two attached hydrogens (primary N) is 1. The molecule has 170 valence electrons. The van der Waals surface area contributed by atoms with Crippen LogP contribution in [0.1, 0.15) is 38.7 Å². The molecule has 4 rings (SSSR count). The standard InChI is InChI=1S/C21H18N2O3.C6H10O/c1-3-5-15(21(24)25)14(4-2)20-16-8-6-12(22)10-18(16)26-19-11-13(23)7-9-17(19)20;1-5(7)6-3-2-4-6/h3-11,22H,1,23H2,2H3,(H,24,25);7H,2-4H2,1H3/b14-4+,15-5+,22-12?;. The first-order chi connectivity index (χ1) is 15.8. The molecule has 0 radical (unpaired) electrons. The van der Waals surface area contributed by atoms with Crippen LogP contribution in [0, 0.1) is 5.41 Å². The molecule has 0 amide bonds. The second-order valence-electron chi connectivity index (χ2n) is 7.81. The molecule has 6 heteroatoms. The van der Waals surface area contributed by atoms with Crippen molar-refractivity contribution in [3.05, 3.63) is 89.0 Å². The smallest absolute Gasteiger partial charge is 0.336 e. The summed E-state index contributed by atoms with van der Waals surface area (Å²) in [4.78, 5) is 11.8. The van der Waals surface area contributed by atoms with Crippen molar-refractivity contribution in [3.63, 3.8) is 0 Å². The predicted octanol–water partition coefficient (Wildman–Crippen LogP) is 6.20. The number of rotatable bonds is 4. The van der Waals surface area contributed by atoms with Gasteiger partial charge in [0.05, 0.1) is 16.7 Å². The normalized spacial score (nSPS) is 13.8. The van der Waals surface area contributed by atoms with Gasteiger partial charge in [-0.25, -0.2) is 4.79 Å². The molecule has 0 atom stereocenters. The van der Waals surface area contributed by atoms with Crippen molar-refractivity contribution in [3.8, 4) is 11.3 Å². The zero-order valence-corrected chi connectivity index (χ0v) is 18.8. The highest BCUT2D eigenvalue weighted by atomic mass is 16.4. The van der Waals surface area contributed by atoms with Crippen LogP contribution >= 0.6 is 0 Å². The Bertz CT molecular complexity index is 1330. The fourth-order valence-electron chi connectivity index (χ4n) is 3.74. The van der Waals surface area contributed by atoms with E-state index in [0.717, 1.165) is 29.4 Å². The van der Waals surface area contributed by atoms with E-state index in [1.54, 1.807) is 50.3 Å². The molecule has 1 aromatic carbocycles. The molecule has 0 bridgehead atoms. The number of allylic oxidation sites excluding steroid dienone is 5. The Balaban J connectivity index is 0.000000374. The van der Waals surface area contributed by atoms with E-state index in [-0.39, 0.29) is 5.57 Å². The third-order valence-corrected chi connectivity index (χ3v) is 5.58. The van der Waals surface area contributed by atoms with E-state index in [1.807, 2.05) is 6.07 Å². The molecule has 1 aromatic rings. The molecule has 0 spiro atoms. The largest absolute Gasteiger partial charge is 0.513 e. The number of anilines is 1. The van der Waals surface area contributed by atoms with E-state index in [4.69, 9.17) is 20.7 Å². The minimum atomic E-state index is -1.05. The Morgan fingerprint density at radius 2 is 1.91 bits per heavy atom. The summed E-state index contributed by atoms with van der Waals surface area (Å²) in [6, 6.07) is 10.3. The van der Waals surface area contributed by atoms with Crippen LogP contribution in [-0.2, 0) is 4.79 Å². The van der Waals surface area contributed by atoms with Crippen molar-refractivity contribution in [2.75, 3.05) is 5.73 Å². The number of carbonyl (C=O) groups is 1. The molecule has 1 fully saturated rings. The molecule has 1 heterocycles. The maximum atomic E-state index is 11.8. The van der Waals surface area contributed by atoms with Gasteiger partial charge in [-0.2, -0.15) is 0 Å². The predicted molar refractivity (Wildman–Crippen MR) is 132 cm³/mol. The second-order valence-corrected chi connectivity index (χ2v) is 7.81. The molecule has 33 heavy (non-hydrogen) atoms. The number of hydrogen-bond acceptors (Lipinski definition) is 5. The monoisotopic (exact) mass is 444 g/mol. The lowest BCUT2D eigenvalue weighted by molar-refractivity contribution is -0.132. The second kappa shape index (κ2) is 10.0. The van der Waals surface area contributed by atoms with Crippen LogP contribution in [0.15, 0.2) is 82.5 Å². The quantitative estimate of drug-likeness (QED) is 0.125. The number of aliphatic hydroxyl groups is 1. The van der Waals surface area contributed by atoms with Gasteiger partial charge in [0, 0.05) is 34.3 Å². The summed E-state index contributed by atoms with van der Waals surface area (Å²) in [5.74, 6) is -0.00723. The number of aliphatic carboxylic acids is 1. The van der Waals surface area contributed by atoms with Crippen molar-refractivity contribution in [2.45, 2.75) is 33.1 Å². The van der Waals surface area contributed by atoms with Gasteiger partial charge < -0.3 is 25.8 Å². The van der Waals surface area contributed by atoms with E-state index in [1.165, 1.54) is 24.1 Å². The Hall–Kier alpha value is -4.06. The molecule has 0 unspecified atom stereocenters. The van der Waals surface area contributed by atoms with Gasteiger partial charge in [-0.1, -0.05) is 18.7 Å². The van der Waals surface area contributed by atoms with Gasteiger partial charge in [0.25, 0.3) is 0 Å². The molecule has 5 N–H and O–H groups in total. The number of carboxylic acid groups (broad SMARTS) is 1. The van der Waals surface area contributed by atoms with E-state index in [2.05, 4.69) is 6.58 Å². The van der Waals surface area contributed by atoms with E-state index in [9.17, 15) is 9.90 Å². The first-order valence-corrected chi connectivity index (χ1v) is 10.7. The molecular weight excluding hydrogens is 416 g/mol. The van der Waals surface area contributed by atoms with Gasteiger partial charge in [0.1, 0.15) is 11.3 Å². The van der Waals surface area contributed by atoms with Gasteiger partial charge in [-0.05, 0) is 74.6 Å². The Labute approximate surface area is 192 Å². The van der Waals surface area contributed by atoms with Gasteiger partial charge >= 0.3 is 5.97 Å². The number of carboxylic acids is 1. The van der Waals surface area contributed by atoms with Gasteiger partial charge in [-0.3, -0.25) is 0 Å². The van der Waals surface area contributed by atoms with Crippen molar-refractivity contribution in [2.24, 2.45) is 0 Å². The highest BCUT2D eigenvalue weighted by Gasteiger charge is 2.23. The maximum absolute atomic E-state index is 11.8. The first-order valence-electron chi connectivity index (χ1n) is 10.7. The summed E-state index contributed by atoms with van der Waals surface area (Å²) in [7, 11) is 0. The summed E-state index contributed by atoms with van der Waals surface area (Å²) >= 11 is 0. The van der Waals surface area contributed by atoms with Crippen LogP contribution in [0.4, 0.5) is 5.69 Å². The summed E-state index contributed by atoms with van der Waals surface area (Å²) < 4.78 is 5.93. The van der Waals surface area contributed by atoms with Crippen LogP contribution in [-0.4, -0.2) is 16.2 Å². The fourth-order valence-corrected chi connectivity index (χ4v) is 3.74. The molecule has 6 nitrogen and oxygen atoms in total.